The van der Waals surface area contributed by atoms with E-state index in [1.165, 1.54) is 0 Å². The van der Waals surface area contributed by atoms with Crippen molar-refractivity contribution in [3.8, 4) is 0 Å². The smallest absolute Gasteiger partial charge is 0.293 e. The van der Waals surface area contributed by atoms with Crippen LogP contribution in [0.4, 0.5) is 4.79 Å². The first-order chi connectivity index (χ1) is 17.4. The third-order valence-corrected chi connectivity index (χ3v) is 7.73. The first-order valence-electron chi connectivity index (χ1n) is 12.1. The van der Waals surface area contributed by atoms with Crippen molar-refractivity contribution in [1.82, 2.24) is 14.4 Å². The maximum absolute atomic E-state index is 13.0. The van der Waals surface area contributed by atoms with Gasteiger partial charge < -0.3 is 9.47 Å². The molecule has 3 aromatic rings. The minimum Gasteiger partial charge on any atom is -0.341 e. The molecule has 2 fully saturated rings. The maximum Gasteiger partial charge on any atom is 0.293 e. The number of carbonyl (C=O) groups excluding carboxylic acids is 4. The minimum absolute atomic E-state index is 0.0777. The number of para-hydroxylation sites is 1. The Labute approximate surface area is 213 Å². The fourth-order valence-corrected chi connectivity index (χ4v) is 5.49. The van der Waals surface area contributed by atoms with Gasteiger partial charge in [-0.3, -0.25) is 24.1 Å². The van der Waals surface area contributed by atoms with Gasteiger partial charge >= 0.3 is 0 Å². The minimum atomic E-state index is -0.482. The van der Waals surface area contributed by atoms with Crippen LogP contribution in [0, 0.1) is 5.92 Å². The SMILES string of the molecule is CC1CCN(C(=O)Cn2cc(/C=C3\SC(=O)N(CC(=O)c4ccccc4)C3=O)c3ccccc32)CC1. The molecule has 2 aliphatic heterocycles. The molecule has 8 heteroatoms. The van der Waals surface area contributed by atoms with Gasteiger partial charge in [0.25, 0.3) is 11.1 Å². The van der Waals surface area contributed by atoms with Crippen LogP contribution in [-0.4, -0.2) is 56.8 Å². The molecule has 3 amide bonds. The normalized spacial score (nSPS) is 18.0. The molecule has 36 heavy (non-hydrogen) atoms. The molecular weight excluding hydrogens is 474 g/mol. The van der Waals surface area contributed by atoms with Crippen molar-refractivity contribution in [3.05, 3.63) is 76.8 Å². The highest BCUT2D eigenvalue weighted by Crippen LogP contribution is 2.34. The van der Waals surface area contributed by atoms with Crippen molar-refractivity contribution in [2.45, 2.75) is 26.3 Å². The Morgan fingerprint density at radius 1 is 0.972 bits per heavy atom. The van der Waals surface area contributed by atoms with Crippen LogP contribution in [0.15, 0.2) is 65.7 Å². The molecule has 0 aliphatic carbocycles. The zero-order chi connectivity index (χ0) is 25.2. The Balaban J connectivity index is 1.37. The fraction of sp³-hybridized carbons (Fsp3) is 0.286. The standard InChI is InChI=1S/C28H27N3O4S/c1-19-11-13-29(14-12-19)26(33)18-30-16-21(22-9-5-6-10-23(22)30)15-25-27(34)31(28(35)36-25)17-24(32)20-7-3-2-4-8-20/h2-10,15-16,19H,11-14,17-18H2,1H3/b25-15-. The van der Waals surface area contributed by atoms with E-state index in [2.05, 4.69) is 6.92 Å². The molecule has 3 heterocycles. The molecule has 7 nitrogen and oxygen atoms in total. The van der Waals surface area contributed by atoms with Crippen molar-refractivity contribution in [3.63, 3.8) is 0 Å². The number of likely N-dealkylation sites (tertiary alicyclic amines) is 1. The zero-order valence-electron chi connectivity index (χ0n) is 20.1. The number of aromatic nitrogens is 1. The average Bonchev–Trinajstić information content (AvgIpc) is 3.36. The van der Waals surface area contributed by atoms with Crippen LogP contribution >= 0.6 is 11.8 Å². The second kappa shape index (κ2) is 10.1. The van der Waals surface area contributed by atoms with Crippen molar-refractivity contribution in [1.29, 1.82) is 0 Å². The average molecular weight is 502 g/mol. The highest BCUT2D eigenvalue weighted by Gasteiger charge is 2.36. The summed E-state index contributed by atoms with van der Waals surface area (Å²) in [6.07, 6.45) is 5.58. The lowest BCUT2D eigenvalue weighted by Crippen LogP contribution is -2.39. The van der Waals surface area contributed by atoms with E-state index in [4.69, 9.17) is 0 Å². The molecule has 0 N–H and O–H groups in total. The summed E-state index contributed by atoms with van der Waals surface area (Å²) in [7, 11) is 0. The van der Waals surface area contributed by atoms with Gasteiger partial charge in [0.05, 0.1) is 11.4 Å². The summed E-state index contributed by atoms with van der Waals surface area (Å²) in [5.74, 6) is -0.0497. The summed E-state index contributed by atoms with van der Waals surface area (Å²) in [4.78, 5) is 54.3. The summed E-state index contributed by atoms with van der Waals surface area (Å²) in [5.41, 5.74) is 2.10. The van der Waals surface area contributed by atoms with Gasteiger partial charge in [-0.05, 0) is 42.7 Å². The first-order valence-corrected chi connectivity index (χ1v) is 12.9. The number of piperidine rings is 1. The maximum atomic E-state index is 13.0. The van der Waals surface area contributed by atoms with Crippen molar-refractivity contribution < 1.29 is 19.2 Å². The Morgan fingerprint density at radius 3 is 2.42 bits per heavy atom. The van der Waals surface area contributed by atoms with Gasteiger partial charge in [-0.25, -0.2) is 0 Å². The summed E-state index contributed by atoms with van der Waals surface area (Å²) in [5, 5.41) is 0.429. The number of rotatable bonds is 6. The van der Waals surface area contributed by atoms with Gasteiger partial charge in [-0.1, -0.05) is 55.5 Å². The van der Waals surface area contributed by atoms with Gasteiger partial charge in [0.1, 0.15) is 6.54 Å². The van der Waals surface area contributed by atoms with Crippen molar-refractivity contribution in [2.24, 2.45) is 5.92 Å². The van der Waals surface area contributed by atoms with Crippen LogP contribution in [0.3, 0.4) is 0 Å². The lowest BCUT2D eigenvalue weighted by atomic mass is 9.99. The van der Waals surface area contributed by atoms with Gasteiger partial charge in [-0.2, -0.15) is 0 Å². The second-order valence-electron chi connectivity index (χ2n) is 9.35. The predicted octanol–water partition coefficient (Wildman–Crippen LogP) is 4.82. The van der Waals surface area contributed by atoms with E-state index in [-0.39, 0.29) is 29.7 Å². The number of thioether (sulfide) groups is 1. The molecule has 5 rings (SSSR count). The summed E-state index contributed by atoms with van der Waals surface area (Å²) < 4.78 is 1.91. The number of nitrogens with zero attached hydrogens (tertiary/aromatic N) is 3. The molecule has 0 spiro atoms. The molecule has 0 atom stereocenters. The molecule has 2 saturated heterocycles. The van der Waals surface area contributed by atoms with E-state index in [1.54, 1.807) is 36.4 Å². The highest BCUT2D eigenvalue weighted by atomic mass is 32.2. The number of carbonyl (C=O) groups is 4. The van der Waals surface area contributed by atoms with Crippen LogP contribution in [0.2, 0.25) is 0 Å². The summed E-state index contributed by atoms with van der Waals surface area (Å²) in [6, 6.07) is 16.3. The number of ketones is 1. The van der Waals surface area contributed by atoms with E-state index >= 15 is 0 Å². The van der Waals surface area contributed by atoms with Crippen LogP contribution in [0.1, 0.15) is 35.7 Å². The molecule has 1 aromatic heterocycles. The molecule has 2 aliphatic rings. The molecular formula is C28H27N3O4S. The summed E-state index contributed by atoms with van der Waals surface area (Å²) in [6.45, 7) is 3.70. The van der Waals surface area contributed by atoms with Gasteiger partial charge in [0.2, 0.25) is 5.91 Å². The number of Topliss-reactive ketones (excluding diaryl/α,β-unsaturated/α-hetero) is 1. The van der Waals surface area contributed by atoms with Gasteiger partial charge in [0.15, 0.2) is 5.78 Å². The first kappa shape index (κ1) is 24.1. The second-order valence-corrected chi connectivity index (χ2v) is 10.3. The van der Waals surface area contributed by atoms with Crippen LogP contribution in [0.25, 0.3) is 17.0 Å². The third-order valence-electron chi connectivity index (χ3n) is 6.82. The molecule has 0 bridgehead atoms. The molecule has 0 saturated carbocycles. The number of hydrogen-bond acceptors (Lipinski definition) is 5. The molecule has 184 valence electrons. The number of imide groups is 1. The Morgan fingerprint density at radius 2 is 1.67 bits per heavy atom. The lowest BCUT2D eigenvalue weighted by molar-refractivity contribution is -0.133. The van der Waals surface area contributed by atoms with Gasteiger partial charge in [0, 0.05) is 41.3 Å². The van der Waals surface area contributed by atoms with Crippen LogP contribution in [-0.2, 0) is 16.1 Å². The monoisotopic (exact) mass is 501 g/mol. The van der Waals surface area contributed by atoms with Gasteiger partial charge in [-0.15, -0.1) is 0 Å². The number of benzene rings is 2. The molecule has 0 radical (unpaired) electrons. The number of hydrogen-bond donors (Lipinski definition) is 0. The topological polar surface area (TPSA) is 79.7 Å². The lowest BCUT2D eigenvalue weighted by Gasteiger charge is -2.30. The zero-order valence-corrected chi connectivity index (χ0v) is 20.9. The van der Waals surface area contributed by atoms with Crippen LogP contribution < -0.4 is 0 Å². The molecule has 0 unspecified atom stereocenters. The Hall–Kier alpha value is -3.65. The number of amides is 3. The van der Waals surface area contributed by atoms with Crippen molar-refractivity contribution >= 4 is 51.6 Å². The van der Waals surface area contributed by atoms with Crippen molar-refractivity contribution in [2.75, 3.05) is 19.6 Å². The van der Waals surface area contributed by atoms with E-state index < -0.39 is 11.1 Å². The molecule has 2 aromatic carbocycles. The largest absolute Gasteiger partial charge is 0.341 e. The fourth-order valence-electron chi connectivity index (χ4n) is 4.66. The van der Waals surface area contributed by atoms with Crippen LogP contribution in [0.5, 0.6) is 0 Å². The Kier molecular flexibility index (Phi) is 6.78. The Bertz CT molecular complexity index is 1370. The van der Waals surface area contributed by atoms with E-state index in [9.17, 15) is 19.2 Å². The van der Waals surface area contributed by atoms with E-state index in [1.807, 2.05) is 39.9 Å². The summed E-state index contributed by atoms with van der Waals surface area (Å²) >= 11 is 0.830. The predicted molar refractivity (Wildman–Crippen MR) is 140 cm³/mol. The highest BCUT2D eigenvalue weighted by molar-refractivity contribution is 8.18. The van der Waals surface area contributed by atoms with E-state index in [0.29, 0.717) is 11.5 Å². The quantitative estimate of drug-likeness (QED) is 0.357. The third kappa shape index (κ3) is 4.86. The van der Waals surface area contributed by atoms with E-state index in [0.717, 1.165) is 59.1 Å². The number of fused-ring (bicyclic) bond motifs is 1.